The first kappa shape index (κ1) is 36.4. The van der Waals surface area contributed by atoms with Gasteiger partial charge < -0.3 is 19.5 Å². The van der Waals surface area contributed by atoms with E-state index in [1.807, 2.05) is 65.8 Å². The zero-order valence-electron chi connectivity index (χ0n) is 26.8. The molecule has 234 valence electrons. The highest BCUT2D eigenvalue weighted by atomic mass is 16.6. The van der Waals surface area contributed by atoms with Crippen molar-refractivity contribution in [1.82, 2.24) is 10.2 Å². The number of methoxy groups -OCH3 is 1. The smallest absolute Gasteiger partial charge is 0.407 e. The van der Waals surface area contributed by atoms with Crippen LogP contribution in [0, 0.1) is 0 Å². The van der Waals surface area contributed by atoms with Gasteiger partial charge in [-0.25, -0.2) is 9.59 Å². The normalized spacial score (nSPS) is 11.8. The number of hydrogen-bond donors (Lipinski definition) is 1. The summed E-state index contributed by atoms with van der Waals surface area (Å²) in [5.41, 5.74) is 0.860. The van der Waals surface area contributed by atoms with E-state index in [2.05, 4.69) is 10.2 Å². The molecule has 0 radical (unpaired) electrons. The number of carbonyl (C=O) groups excluding carboxylic acids is 3. The molecular weight excluding hydrogens is 520 g/mol. The van der Waals surface area contributed by atoms with E-state index in [1.165, 1.54) is 12.7 Å². The van der Waals surface area contributed by atoms with Crippen molar-refractivity contribution in [2.75, 3.05) is 26.7 Å². The predicted octanol–water partition coefficient (Wildman–Crippen LogP) is 7.43. The molecule has 1 rings (SSSR count). The third-order valence-electron chi connectivity index (χ3n) is 6.38. The lowest BCUT2D eigenvalue weighted by molar-refractivity contribution is -0.154. The Morgan fingerprint density at radius 2 is 1.22 bits per heavy atom. The van der Waals surface area contributed by atoms with Gasteiger partial charge in [-0.3, -0.25) is 9.69 Å². The lowest BCUT2D eigenvalue weighted by Crippen LogP contribution is -2.32. The van der Waals surface area contributed by atoms with Gasteiger partial charge in [-0.05, 0) is 98.0 Å². The van der Waals surface area contributed by atoms with E-state index in [1.54, 1.807) is 0 Å². The van der Waals surface area contributed by atoms with Crippen molar-refractivity contribution in [3.8, 4) is 0 Å². The highest BCUT2D eigenvalue weighted by Crippen LogP contribution is 2.15. The summed E-state index contributed by atoms with van der Waals surface area (Å²) in [7, 11) is 1.40. The van der Waals surface area contributed by atoms with Crippen molar-refractivity contribution in [2.24, 2.45) is 0 Å². The fourth-order valence-corrected chi connectivity index (χ4v) is 4.42. The second-order valence-electron chi connectivity index (χ2n) is 12.8. The van der Waals surface area contributed by atoms with Crippen LogP contribution in [0.3, 0.4) is 0 Å². The summed E-state index contributed by atoms with van der Waals surface area (Å²) in [5, 5.41) is 2.82. The summed E-state index contributed by atoms with van der Waals surface area (Å²) >= 11 is 0. The van der Waals surface area contributed by atoms with E-state index in [0.717, 1.165) is 83.8 Å². The zero-order chi connectivity index (χ0) is 30.7. The van der Waals surface area contributed by atoms with Gasteiger partial charge in [0.05, 0.1) is 12.7 Å². The highest BCUT2D eigenvalue weighted by Gasteiger charge is 2.16. The number of nitrogens with zero attached hydrogens (tertiary/aromatic N) is 1. The van der Waals surface area contributed by atoms with Crippen LogP contribution < -0.4 is 5.32 Å². The van der Waals surface area contributed by atoms with Crippen molar-refractivity contribution >= 4 is 18.0 Å². The molecule has 0 aliphatic rings. The molecular formula is C33H56N2O6. The Morgan fingerprint density at radius 3 is 1.76 bits per heavy atom. The standard InChI is InChI=1S/C33H56N2O6/c1-32(2,3)40-29(36)18-14-10-8-12-16-24-35(26-27-19-21-28(22-20-27)30(37)39-7)25-17-13-9-11-15-23-34-31(38)41-33(4,5)6/h19-22H,8-18,23-26H2,1-7H3,(H,34,38). The third kappa shape index (κ3) is 20.0. The number of carbonyl (C=O) groups is 3. The third-order valence-corrected chi connectivity index (χ3v) is 6.38. The molecule has 8 nitrogen and oxygen atoms in total. The van der Waals surface area contributed by atoms with Crippen LogP contribution in [0.4, 0.5) is 4.79 Å². The molecule has 0 aliphatic heterocycles. The Bertz CT molecular complexity index is 886. The Morgan fingerprint density at radius 1 is 0.707 bits per heavy atom. The molecule has 0 bridgehead atoms. The molecule has 0 atom stereocenters. The Hall–Kier alpha value is -2.61. The van der Waals surface area contributed by atoms with Gasteiger partial charge in [0.25, 0.3) is 0 Å². The van der Waals surface area contributed by atoms with E-state index in [0.29, 0.717) is 18.5 Å². The average molecular weight is 577 g/mol. The van der Waals surface area contributed by atoms with Crippen LogP contribution in [0.15, 0.2) is 24.3 Å². The van der Waals surface area contributed by atoms with Crippen LogP contribution in [0.25, 0.3) is 0 Å². The van der Waals surface area contributed by atoms with Crippen LogP contribution in [-0.4, -0.2) is 60.9 Å². The van der Waals surface area contributed by atoms with Crippen LogP contribution in [-0.2, 0) is 25.5 Å². The molecule has 1 aromatic carbocycles. The number of nitrogens with one attached hydrogen (secondary N) is 1. The van der Waals surface area contributed by atoms with Crippen molar-refractivity contribution < 1.29 is 28.6 Å². The number of amides is 1. The molecule has 0 unspecified atom stereocenters. The topological polar surface area (TPSA) is 94.2 Å². The summed E-state index contributed by atoms with van der Waals surface area (Å²) in [6, 6.07) is 7.67. The SMILES string of the molecule is COC(=O)c1ccc(CN(CCCCCCCNC(=O)OC(C)(C)C)CCCCCCCC(=O)OC(C)(C)C)cc1. The number of hydrogen-bond acceptors (Lipinski definition) is 7. The summed E-state index contributed by atoms with van der Waals surface area (Å²) in [6.45, 7) is 14.8. The molecule has 0 heterocycles. The predicted molar refractivity (Wildman–Crippen MR) is 164 cm³/mol. The lowest BCUT2D eigenvalue weighted by Gasteiger charge is -2.23. The molecule has 0 aliphatic carbocycles. The lowest BCUT2D eigenvalue weighted by atomic mass is 10.1. The van der Waals surface area contributed by atoms with Gasteiger partial charge in [0.15, 0.2) is 0 Å². The molecule has 0 aromatic heterocycles. The quantitative estimate of drug-likeness (QED) is 0.104. The first-order valence-electron chi connectivity index (χ1n) is 15.4. The number of ether oxygens (including phenoxy) is 3. The molecule has 0 fully saturated rings. The van der Waals surface area contributed by atoms with Gasteiger partial charge in [0.1, 0.15) is 11.2 Å². The largest absolute Gasteiger partial charge is 0.465 e. The van der Waals surface area contributed by atoms with E-state index in [-0.39, 0.29) is 18.0 Å². The fraction of sp³-hybridized carbons (Fsp3) is 0.727. The molecule has 1 N–H and O–H groups in total. The Labute approximate surface area is 248 Å². The summed E-state index contributed by atoms with van der Waals surface area (Å²) in [4.78, 5) is 37.9. The first-order valence-corrected chi connectivity index (χ1v) is 15.4. The van der Waals surface area contributed by atoms with Crippen LogP contribution in [0.1, 0.15) is 128 Å². The molecule has 8 heteroatoms. The second kappa shape index (κ2) is 19.5. The van der Waals surface area contributed by atoms with Gasteiger partial charge >= 0.3 is 18.0 Å². The van der Waals surface area contributed by atoms with E-state index in [4.69, 9.17) is 14.2 Å². The second-order valence-corrected chi connectivity index (χ2v) is 12.8. The van der Waals surface area contributed by atoms with Crippen LogP contribution in [0.2, 0.25) is 0 Å². The molecule has 41 heavy (non-hydrogen) atoms. The van der Waals surface area contributed by atoms with E-state index < -0.39 is 11.2 Å². The van der Waals surface area contributed by atoms with Crippen LogP contribution >= 0.6 is 0 Å². The average Bonchev–Trinajstić information content (AvgIpc) is 2.87. The first-order chi connectivity index (χ1) is 19.3. The fourth-order valence-electron chi connectivity index (χ4n) is 4.42. The minimum absolute atomic E-state index is 0.110. The molecule has 0 spiro atoms. The van der Waals surface area contributed by atoms with E-state index >= 15 is 0 Å². The summed E-state index contributed by atoms with van der Waals surface area (Å²) in [5.74, 6) is -0.428. The number of unbranched alkanes of at least 4 members (excludes halogenated alkanes) is 8. The number of benzene rings is 1. The van der Waals surface area contributed by atoms with Gasteiger partial charge in [0, 0.05) is 19.5 Å². The summed E-state index contributed by atoms with van der Waals surface area (Å²) in [6.07, 6.45) is 10.8. The van der Waals surface area contributed by atoms with E-state index in [9.17, 15) is 14.4 Å². The minimum atomic E-state index is -0.471. The van der Waals surface area contributed by atoms with Gasteiger partial charge in [-0.2, -0.15) is 0 Å². The maximum atomic E-state index is 11.9. The van der Waals surface area contributed by atoms with Crippen molar-refractivity contribution in [2.45, 2.75) is 130 Å². The van der Waals surface area contributed by atoms with Gasteiger partial charge in [-0.15, -0.1) is 0 Å². The summed E-state index contributed by atoms with van der Waals surface area (Å²) < 4.78 is 15.5. The number of alkyl carbamates (subject to hydrolysis) is 1. The Kier molecular flexibility index (Phi) is 17.3. The molecule has 1 amide bonds. The van der Waals surface area contributed by atoms with Crippen molar-refractivity contribution in [3.05, 3.63) is 35.4 Å². The monoisotopic (exact) mass is 576 g/mol. The highest BCUT2D eigenvalue weighted by molar-refractivity contribution is 5.89. The van der Waals surface area contributed by atoms with Crippen LogP contribution in [0.5, 0.6) is 0 Å². The van der Waals surface area contributed by atoms with Crippen molar-refractivity contribution in [3.63, 3.8) is 0 Å². The number of esters is 2. The maximum absolute atomic E-state index is 11.9. The van der Waals surface area contributed by atoms with Gasteiger partial charge in [0.2, 0.25) is 0 Å². The molecule has 0 saturated carbocycles. The zero-order valence-corrected chi connectivity index (χ0v) is 26.8. The Balaban J connectivity index is 2.38. The minimum Gasteiger partial charge on any atom is -0.465 e. The maximum Gasteiger partial charge on any atom is 0.407 e. The molecule has 0 saturated heterocycles. The van der Waals surface area contributed by atoms with Crippen molar-refractivity contribution in [1.29, 1.82) is 0 Å². The van der Waals surface area contributed by atoms with Gasteiger partial charge in [-0.1, -0.05) is 50.7 Å². The number of rotatable bonds is 19. The molecule has 1 aromatic rings.